The molecule has 1 aliphatic carbocycles. The summed E-state index contributed by atoms with van der Waals surface area (Å²) in [7, 11) is 0. The van der Waals surface area contributed by atoms with Gasteiger partial charge in [0.15, 0.2) is 0 Å². The van der Waals surface area contributed by atoms with E-state index in [2.05, 4.69) is 26.4 Å². The molecule has 1 saturated heterocycles. The summed E-state index contributed by atoms with van der Waals surface area (Å²) in [6, 6.07) is 10.0. The molecule has 4 aromatic rings. The molecule has 6 rings (SSSR count). The fourth-order valence-electron chi connectivity index (χ4n) is 6.46. The zero-order valence-electron chi connectivity index (χ0n) is 23.0. The molecule has 1 aliphatic heterocycles. The van der Waals surface area contributed by atoms with E-state index in [0.717, 1.165) is 36.1 Å². The molecule has 12 heteroatoms. The molecule has 0 aromatic carbocycles. The first-order chi connectivity index (χ1) is 20.1. The van der Waals surface area contributed by atoms with Crippen LogP contribution >= 0.6 is 0 Å². The Hall–Kier alpha value is -4.66. The van der Waals surface area contributed by atoms with Gasteiger partial charge in [-0.3, -0.25) is 9.78 Å². The first kappa shape index (κ1) is 27.5. The van der Waals surface area contributed by atoms with Crippen molar-refractivity contribution in [3.8, 4) is 22.9 Å². The van der Waals surface area contributed by atoms with Crippen molar-refractivity contribution in [2.24, 2.45) is 11.8 Å². The van der Waals surface area contributed by atoms with Crippen molar-refractivity contribution in [2.75, 3.05) is 24.6 Å². The number of anilines is 1. The van der Waals surface area contributed by atoms with Crippen molar-refractivity contribution >= 4 is 17.2 Å². The molecule has 1 N–H and O–H groups in total. The van der Waals surface area contributed by atoms with Crippen LogP contribution in [-0.2, 0) is 6.18 Å². The molecule has 1 unspecified atom stereocenters. The van der Waals surface area contributed by atoms with Gasteiger partial charge in [0.2, 0.25) is 0 Å². The lowest BCUT2D eigenvalue weighted by Gasteiger charge is -2.29. The van der Waals surface area contributed by atoms with Gasteiger partial charge in [-0.15, -0.1) is 0 Å². The van der Waals surface area contributed by atoms with Gasteiger partial charge < -0.3 is 15.0 Å². The highest BCUT2D eigenvalue weighted by Gasteiger charge is 2.48. The van der Waals surface area contributed by atoms with Gasteiger partial charge >= 0.3 is 6.18 Å². The van der Waals surface area contributed by atoms with Gasteiger partial charge in [0, 0.05) is 42.1 Å². The van der Waals surface area contributed by atoms with E-state index in [1.165, 1.54) is 18.5 Å². The topological polar surface area (TPSA) is 108 Å². The molecular formula is C30H28F3N7O2. The monoisotopic (exact) mass is 575 g/mol. The summed E-state index contributed by atoms with van der Waals surface area (Å²) in [4.78, 5) is 23.5. The fraction of sp³-hybridized carbons (Fsp3) is 0.367. The highest BCUT2D eigenvalue weighted by Crippen LogP contribution is 2.45. The molecule has 216 valence electrons. The van der Waals surface area contributed by atoms with Crippen LogP contribution in [-0.4, -0.2) is 50.7 Å². The van der Waals surface area contributed by atoms with Crippen LogP contribution < -0.4 is 15.0 Å². The van der Waals surface area contributed by atoms with E-state index in [1.54, 1.807) is 16.9 Å². The van der Waals surface area contributed by atoms with E-state index in [4.69, 9.17) is 9.72 Å². The number of alkyl halides is 3. The Morgan fingerprint density at radius 1 is 1.19 bits per heavy atom. The highest BCUT2D eigenvalue weighted by molar-refractivity contribution is 5.94. The minimum atomic E-state index is -4.66. The number of fused-ring (bicyclic) bond motifs is 2. The predicted octanol–water partition coefficient (Wildman–Crippen LogP) is 5.12. The van der Waals surface area contributed by atoms with Crippen molar-refractivity contribution in [3.63, 3.8) is 0 Å². The third-order valence-corrected chi connectivity index (χ3v) is 8.15. The van der Waals surface area contributed by atoms with Crippen LogP contribution in [0.5, 0.6) is 5.75 Å². The number of nitriles is 1. The Labute approximate surface area is 239 Å². The van der Waals surface area contributed by atoms with Crippen LogP contribution in [0.1, 0.15) is 48.3 Å². The molecule has 0 bridgehead atoms. The first-order valence-electron chi connectivity index (χ1n) is 13.7. The summed E-state index contributed by atoms with van der Waals surface area (Å²) in [5.41, 5.74) is 0.489. The van der Waals surface area contributed by atoms with E-state index >= 15 is 0 Å². The maximum atomic E-state index is 13.4. The number of aromatic nitrogens is 4. The van der Waals surface area contributed by atoms with E-state index in [0.29, 0.717) is 36.3 Å². The summed E-state index contributed by atoms with van der Waals surface area (Å²) in [5.74, 6) is 1.16. The number of halogens is 3. The zero-order chi connectivity index (χ0) is 29.6. The number of ether oxygens (including phenoxy) is 1. The Morgan fingerprint density at radius 3 is 2.60 bits per heavy atom. The standard InChI is InChI=1S/C30H28F3N7O2/c1-3-42-22-9-23(27-21(12-34)14-37-40(27)17-22)18-6-7-25(36-13-18)39-15-19-10-29(2,11-20(19)16-39)38-28(41)26-24(30(31,32)33)5-4-8-35-26/h4-9,13-14,17,19-20H,3,10-11,15-16H2,1-2H3,(H,38,41)/t19-,20+,29?. The van der Waals surface area contributed by atoms with Crippen molar-refractivity contribution in [1.29, 1.82) is 5.26 Å². The SMILES string of the molecule is CCOc1cc(-c2ccc(N3C[C@@H]4CC(C)(NC(=O)c5ncccc5C(F)(F)F)C[C@@H]4C3)nc2)c2c(C#N)cnn2c1. The molecule has 5 heterocycles. The highest BCUT2D eigenvalue weighted by atomic mass is 19.4. The third kappa shape index (κ3) is 5.00. The Bertz CT molecular complexity index is 1680. The van der Waals surface area contributed by atoms with Crippen molar-refractivity contribution in [1.82, 2.24) is 24.9 Å². The summed E-state index contributed by atoms with van der Waals surface area (Å²) < 4.78 is 47.6. The lowest BCUT2D eigenvalue weighted by molar-refractivity contribution is -0.138. The molecular weight excluding hydrogens is 547 g/mol. The summed E-state index contributed by atoms with van der Waals surface area (Å²) >= 11 is 0. The average molecular weight is 576 g/mol. The van der Waals surface area contributed by atoms with Gasteiger partial charge in [0.1, 0.15) is 23.3 Å². The number of nitrogens with zero attached hydrogens (tertiary/aromatic N) is 6. The summed E-state index contributed by atoms with van der Waals surface area (Å²) in [5, 5.41) is 16.7. The molecule has 4 aromatic heterocycles. The second kappa shape index (κ2) is 10.3. The number of hydrogen-bond acceptors (Lipinski definition) is 7. The molecule has 0 spiro atoms. The number of rotatable bonds is 6. The van der Waals surface area contributed by atoms with Crippen molar-refractivity contribution in [3.05, 3.63) is 71.9 Å². The third-order valence-electron chi connectivity index (χ3n) is 8.15. The maximum Gasteiger partial charge on any atom is 0.418 e. The first-order valence-corrected chi connectivity index (χ1v) is 13.7. The van der Waals surface area contributed by atoms with Crippen molar-refractivity contribution < 1.29 is 22.7 Å². The molecule has 2 aliphatic rings. The molecule has 9 nitrogen and oxygen atoms in total. The molecule has 0 radical (unpaired) electrons. The minimum absolute atomic E-state index is 0.259. The number of pyridine rings is 3. The Morgan fingerprint density at radius 2 is 1.95 bits per heavy atom. The number of nitrogens with one attached hydrogen (secondary N) is 1. The van der Waals surface area contributed by atoms with Gasteiger partial charge in [-0.1, -0.05) is 0 Å². The molecule has 1 saturated carbocycles. The molecule has 3 atom stereocenters. The van der Waals surface area contributed by atoms with Crippen LogP contribution in [0, 0.1) is 23.2 Å². The second-order valence-corrected chi connectivity index (χ2v) is 11.1. The number of hydrogen-bond donors (Lipinski definition) is 1. The van der Waals surface area contributed by atoms with Gasteiger partial charge in [0.25, 0.3) is 5.91 Å². The lowest BCUT2D eigenvalue weighted by atomic mass is 9.97. The van der Waals surface area contributed by atoms with Gasteiger partial charge in [0.05, 0.1) is 35.6 Å². The normalized spacial score (nSPS) is 21.8. The van der Waals surface area contributed by atoms with Crippen molar-refractivity contribution in [2.45, 2.75) is 38.4 Å². The van der Waals surface area contributed by atoms with Gasteiger partial charge in [-0.25, -0.2) is 9.50 Å². The number of carbonyl (C=O) groups is 1. The van der Waals surface area contributed by atoms with Crippen LogP contribution in [0.3, 0.4) is 0 Å². The van der Waals surface area contributed by atoms with Crippen LogP contribution in [0.25, 0.3) is 16.6 Å². The van der Waals surface area contributed by atoms with E-state index < -0.39 is 28.9 Å². The number of carbonyl (C=O) groups excluding carboxylic acids is 1. The largest absolute Gasteiger partial charge is 0.492 e. The van der Waals surface area contributed by atoms with Gasteiger partial charge in [-0.2, -0.15) is 23.5 Å². The second-order valence-electron chi connectivity index (χ2n) is 11.1. The smallest absolute Gasteiger partial charge is 0.418 e. The van der Waals surface area contributed by atoms with E-state index in [-0.39, 0.29) is 11.8 Å². The lowest BCUT2D eigenvalue weighted by Crippen LogP contribution is -2.46. The van der Waals surface area contributed by atoms with E-state index in [1.807, 2.05) is 32.0 Å². The quantitative estimate of drug-likeness (QED) is 0.340. The average Bonchev–Trinajstić information content (AvgIpc) is 3.63. The molecule has 42 heavy (non-hydrogen) atoms. The predicted molar refractivity (Wildman–Crippen MR) is 148 cm³/mol. The Kier molecular flexibility index (Phi) is 6.75. The minimum Gasteiger partial charge on any atom is -0.492 e. The maximum absolute atomic E-state index is 13.4. The fourth-order valence-corrected chi connectivity index (χ4v) is 6.46. The van der Waals surface area contributed by atoms with E-state index in [9.17, 15) is 23.2 Å². The number of amides is 1. The molecule has 2 fully saturated rings. The van der Waals surface area contributed by atoms with Crippen LogP contribution in [0.15, 0.2) is 55.1 Å². The summed E-state index contributed by atoms with van der Waals surface area (Å²) in [6.45, 7) is 5.73. The summed E-state index contributed by atoms with van der Waals surface area (Å²) in [6.07, 6.45) is 2.88. The van der Waals surface area contributed by atoms with Gasteiger partial charge in [-0.05, 0) is 68.9 Å². The zero-order valence-corrected chi connectivity index (χ0v) is 23.0. The van der Waals surface area contributed by atoms with Crippen LogP contribution in [0.4, 0.5) is 19.0 Å². The molecule has 1 amide bonds. The van der Waals surface area contributed by atoms with Crippen LogP contribution in [0.2, 0.25) is 0 Å². The Balaban J connectivity index is 1.16.